The largest absolute Gasteiger partial charge is 0.494 e. The number of carbonyl (C=O) groups excluding carboxylic acids is 1. The van der Waals surface area contributed by atoms with Crippen molar-refractivity contribution >= 4 is 23.4 Å². The summed E-state index contributed by atoms with van der Waals surface area (Å²) in [5.74, 6) is 0.415. The van der Waals surface area contributed by atoms with Crippen LogP contribution in [0.15, 0.2) is 54.6 Å². The van der Waals surface area contributed by atoms with Gasteiger partial charge in [-0.05, 0) is 42.8 Å². The number of nitro groups is 1. The van der Waals surface area contributed by atoms with E-state index in [-0.39, 0.29) is 11.6 Å². The molecule has 1 amide bonds. The molecule has 0 aliphatic rings. The van der Waals surface area contributed by atoms with E-state index >= 15 is 0 Å². The third-order valence-electron chi connectivity index (χ3n) is 2.94. The highest BCUT2D eigenvalue weighted by Crippen LogP contribution is 2.16. The highest BCUT2D eigenvalue weighted by Gasteiger charge is 2.04. The van der Waals surface area contributed by atoms with Crippen molar-refractivity contribution < 1.29 is 14.5 Å². The van der Waals surface area contributed by atoms with Crippen molar-refractivity contribution in [3.8, 4) is 5.75 Å². The van der Waals surface area contributed by atoms with E-state index in [1.165, 1.54) is 24.3 Å². The van der Waals surface area contributed by atoms with E-state index in [9.17, 15) is 14.9 Å². The van der Waals surface area contributed by atoms with Crippen molar-refractivity contribution in [1.29, 1.82) is 0 Å². The first-order valence-corrected chi connectivity index (χ1v) is 7.05. The third kappa shape index (κ3) is 4.96. The molecule has 2 aromatic rings. The first-order chi connectivity index (χ1) is 11.1. The third-order valence-corrected chi connectivity index (χ3v) is 2.94. The standard InChI is InChI=1S/C17H16N2O4/c1-2-23-16-9-7-14(8-10-16)18-17(20)11-6-13-4-3-5-15(12-13)19(21)22/h3-12H,2H2,1H3,(H,18,20)/b11-6+. The molecule has 118 valence electrons. The van der Waals surface area contributed by atoms with Crippen LogP contribution in [-0.2, 0) is 4.79 Å². The average molecular weight is 312 g/mol. The minimum Gasteiger partial charge on any atom is -0.494 e. The van der Waals surface area contributed by atoms with Crippen molar-refractivity contribution in [3.63, 3.8) is 0 Å². The molecule has 0 atom stereocenters. The maximum atomic E-state index is 11.9. The number of anilines is 1. The average Bonchev–Trinajstić information content (AvgIpc) is 2.55. The molecule has 0 aliphatic heterocycles. The maximum absolute atomic E-state index is 11.9. The second-order valence-electron chi connectivity index (χ2n) is 4.63. The minimum absolute atomic E-state index is 0.0147. The van der Waals surface area contributed by atoms with E-state index in [4.69, 9.17) is 4.74 Å². The topological polar surface area (TPSA) is 81.5 Å². The van der Waals surface area contributed by atoms with Crippen LogP contribution in [0, 0.1) is 10.1 Å². The van der Waals surface area contributed by atoms with Crippen molar-refractivity contribution in [3.05, 3.63) is 70.3 Å². The van der Waals surface area contributed by atoms with Gasteiger partial charge in [-0.15, -0.1) is 0 Å². The molecule has 0 aliphatic carbocycles. The van der Waals surface area contributed by atoms with E-state index in [0.717, 1.165) is 5.75 Å². The molecule has 0 saturated carbocycles. The van der Waals surface area contributed by atoms with Crippen molar-refractivity contribution in [1.82, 2.24) is 0 Å². The summed E-state index contributed by atoms with van der Waals surface area (Å²) >= 11 is 0. The summed E-state index contributed by atoms with van der Waals surface area (Å²) in [5.41, 5.74) is 1.21. The van der Waals surface area contributed by atoms with E-state index in [0.29, 0.717) is 17.9 Å². The lowest BCUT2D eigenvalue weighted by molar-refractivity contribution is -0.384. The zero-order chi connectivity index (χ0) is 16.7. The summed E-state index contributed by atoms with van der Waals surface area (Å²) in [6.07, 6.45) is 2.85. The van der Waals surface area contributed by atoms with E-state index < -0.39 is 4.92 Å². The van der Waals surface area contributed by atoms with Crippen LogP contribution in [0.3, 0.4) is 0 Å². The first-order valence-electron chi connectivity index (χ1n) is 7.05. The molecule has 2 rings (SSSR count). The normalized spacial score (nSPS) is 10.5. The number of rotatable bonds is 6. The fraction of sp³-hybridized carbons (Fsp3) is 0.118. The Labute approximate surface area is 133 Å². The quantitative estimate of drug-likeness (QED) is 0.501. The molecule has 23 heavy (non-hydrogen) atoms. The van der Waals surface area contributed by atoms with Gasteiger partial charge in [-0.2, -0.15) is 0 Å². The number of nitro benzene ring substituents is 1. The Kier molecular flexibility index (Phi) is 5.46. The molecule has 0 heterocycles. The van der Waals surface area contributed by atoms with E-state index in [1.807, 2.05) is 6.92 Å². The van der Waals surface area contributed by atoms with Crippen LogP contribution in [0.25, 0.3) is 6.08 Å². The molecule has 0 aromatic heterocycles. The zero-order valence-corrected chi connectivity index (χ0v) is 12.6. The van der Waals surface area contributed by atoms with Crippen molar-refractivity contribution in [2.75, 3.05) is 11.9 Å². The Hall–Kier alpha value is -3.15. The van der Waals surface area contributed by atoms with Gasteiger partial charge in [-0.3, -0.25) is 14.9 Å². The van der Waals surface area contributed by atoms with Crippen molar-refractivity contribution in [2.45, 2.75) is 6.92 Å². The van der Waals surface area contributed by atoms with Crippen LogP contribution in [-0.4, -0.2) is 17.4 Å². The maximum Gasteiger partial charge on any atom is 0.270 e. The predicted octanol–water partition coefficient (Wildman–Crippen LogP) is 3.65. The lowest BCUT2D eigenvalue weighted by Gasteiger charge is -2.05. The molecule has 6 nitrogen and oxygen atoms in total. The molecular weight excluding hydrogens is 296 g/mol. The Morgan fingerprint density at radius 3 is 2.65 bits per heavy atom. The van der Waals surface area contributed by atoms with Crippen LogP contribution >= 0.6 is 0 Å². The predicted molar refractivity (Wildman–Crippen MR) is 88.4 cm³/mol. The Morgan fingerprint density at radius 1 is 1.26 bits per heavy atom. The monoisotopic (exact) mass is 312 g/mol. The minimum atomic E-state index is -0.475. The Bertz CT molecular complexity index is 724. The SMILES string of the molecule is CCOc1ccc(NC(=O)/C=C/c2cccc([N+](=O)[O-])c2)cc1. The van der Waals surface area contributed by atoms with Crippen LogP contribution in [0.4, 0.5) is 11.4 Å². The van der Waals surface area contributed by atoms with Crippen molar-refractivity contribution in [2.24, 2.45) is 0 Å². The molecule has 0 saturated heterocycles. The summed E-state index contributed by atoms with van der Waals surface area (Å²) < 4.78 is 5.32. The van der Waals surface area contributed by atoms with Gasteiger partial charge in [-0.25, -0.2) is 0 Å². The second-order valence-corrected chi connectivity index (χ2v) is 4.63. The number of non-ortho nitro benzene ring substituents is 1. The summed E-state index contributed by atoms with van der Waals surface area (Å²) in [6.45, 7) is 2.48. The van der Waals surface area contributed by atoms with Gasteiger partial charge in [0.1, 0.15) is 5.75 Å². The fourth-order valence-electron chi connectivity index (χ4n) is 1.90. The number of carbonyl (C=O) groups is 1. The lowest BCUT2D eigenvalue weighted by Crippen LogP contribution is -2.07. The molecule has 0 spiro atoms. The summed E-state index contributed by atoms with van der Waals surface area (Å²) in [4.78, 5) is 22.1. The molecule has 2 aromatic carbocycles. The number of hydrogen-bond donors (Lipinski definition) is 1. The van der Waals surface area contributed by atoms with E-state index in [1.54, 1.807) is 36.4 Å². The molecule has 6 heteroatoms. The number of amides is 1. The molecule has 0 fully saturated rings. The van der Waals surface area contributed by atoms with Crippen LogP contribution in [0.5, 0.6) is 5.75 Å². The number of nitrogens with zero attached hydrogens (tertiary/aromatic N) is 1. The van der Waals surface area contributed by atoms with Crippen LogP contribution in [0.2, 0.25) is 0 Å². The smallest absolute Gasteiger partial charge is 0.270 e. The molecule has 1 N–H and O–H groups in total. The van der Waals surface area contributed by atoms with Crippen LogP contribution < -0.4 is 10.1 Å². The molecular formula is C17H16N2O4. The number of ether oxygens (including phenoxy) is 1. The highest BCUT2D eigenvalue weighted by molar-refractivity contribution is 6.01. The van der Waals surface area contributed by atoms with Gasteiger partial charge in [0.25, 0.3) is 5.69 Å². The molecule has 0 bridgehead atoms. The van der Waals surface area contributed by atoms with Gasteiger partial charge in [0.15, 0.2) is 0 Å². The number of hydrogen-bond acceptors (Lipinski definition) is 4. The fourth-order valence-corrected chi connectivity index (χ4v) is 1.90. The Balaban J connectivity index is 1.98. The lowest BCUT2D eigenvalue weighted by atomic mass is 10.2. The van der Waals surface area contributed by atoms with Gasteiger partial charge < -0.3 is 10.1 Å². The summed E-state index contributed by atoms with van der Waals surface area (Å²) in [6, 6.07) is 13.1. The summed E-state index contributed by atoms with van der Waals surface area (Å²) in [7, 11) is 0. The Morgan fingerprint density at radius 2 is 2.00 bits per heavy atom. The highest BCUT2D eigenvalue weighted by atomic mass is 16.6. The van der Waals surface area contributed by atoms with E-state index in [2.05, 4.69) is 5.32 Å². The molecule has 0 radical (unpaired) electrons. The van der Waals surface area contributed by atoms with Gasteiger partial charge >= 0.3 is 0 Å². The van der Waals surface area contributed by atoms with Gasteiger partial charge in [0, 0.05) is 23.9 Å². The van der Waals surface area contributed by atoms with Gasteiger partial charge in [-0.1, -0.05) is 12.1 Å². The van der Waals surface area contributed by atoms with Crippen LogP contribution in [0.1, 0.15) is 12.5 Å². The summed E-state index contributed by atoms with van der Waals surface area (Å²) in [5, 5.41) is 13.4. The number of benzene rings is 2. The zero-order valence-electron chi connectivity index (χ0n) is 12.6. The van der Waals surface area contributed by atoms with Gasteiger partial charge in [0.05, 0.1) is 11.5 Å². The molecule has 0 unspecified atom stereocenters. The first kappa shape index (κ1) is 16.2. The van der Waals surface area contributed by atoms with Gasteiger partial charge in [0.2, 0.25) is 5.91 Å². The number of nitrogens with one attached hydrogen (secondary N) is 1. The second kappa shape index (κ2) is 7.74.